The Bertz CT molecular complexity index is 503. The van der Waals surface area contributed by atoms with E-state index in [0.29, 0.717) is 30.3 Å². The molecule has 0 spiro atoms. The van der Waals surface area contributed by atoms with E-state index in [0.717, 1.165) is 5.69 Å². The van der Waals surface area contributed by atoms with E-state index in [2.05, 4.69) is 12.1 Å². The number of anilines is 1. The average molecular weight is 248 g/mol. The van der Waals surface area contributed by atoms with Crippen LogP contribution in [0.3, 0.4) is 0 Å². The largest absolute Gasteiger partial charge is 0.364 e. The van der Waals surface area contributed by atoms with Gasteiger partial charge < -0.3 is 9.64 Å². The zero-order chi connectivity index (χ0) is 12.3. The maximum Gasteiger partial charge on any atom is 0.161 e. The number of halogens is 1. The summed E-state index contributed by atoms with van der Waals surface area (Å²) < 4.78 is 5.26. The summed E-state index contributed by atoms with van der Waals surface area (Å²) in [6.45, 7) is 1.61. The van der Waals surface area contributed by atoms with Crippen molar-refractivity contribution in [1.29, 1.82) is 10.5 Å². The van der Waals surface area contributed by atoms with E-state index < -0.39 is 6.10 Å². The Morgan fingerprint density at radius 3 is 2.94 bits per heavy atom. The highest BCUT2D eigenvalue weighted by Gasteiger charge is 2.22. The summed E-state index contributed by atoms with van der Waals surface area (Å²) in [7, 11) is 0. The molecule has 4 nitrogen and oxygen atoms in total. The molecule has 1 aromatic carbocycles. The molecule has 1 heterocycles. The average Bonchev–Trinajstić information content (AvgIpc) is 2.39. The first-order valence-electron chi connectivity index (χ1n) is 5.20. The minimum absolute atomic E-state index is 0.450. The van der Waals surface area contributed by atoms with Crippen LogP contribution in [0.2, 0.25) is 5.02 Å². The van der Waals surface area contributed by atoms with Crippen molar-refractivity contribution in [2.24, 2.45) is 0 Å². The van der Waals surface area contributed by atoms with Crippen LogP contribution in [-0.4, -0.2) is 25.8 Å². The number of hydrogen-bond donors (Lipinski definition) is 0. The lowest BCUT2D eigenvalue weighted by atomic mass is 10.1. The Hall–Kier alpha value is -1.75. The number of nitrogens with zero attached hydrogens (tertiary/aromatic N) is 3. The third kappa shape index (κ3) is 2.50. The first-order chi connectivity index (χ1) is 8.24. The minimum atomic E-state index is -0.450. The molecule has 2 rings (SSSR count). The molecule has 1 aliphatic rings. The molecule has 0 bridgehead atoms. The number of hydrogen-bond acceptors (Lipinski definition) is 4. The molecule has 1 aliphatic heterocycles. The van der Waals surface area contributed by atoms with Crippen LogP contribution in [0.1, 0.15) is 5.56 Å². The van der Waals surface area contributed by atoms with Crippen LogP contribution in [0, 0.1) is 22.7 Å². The predicted molar refractivity (Wildman–Crippen MR) is 63.7 cm³/mol. The summed E-state index contributed by atoms with van der Waals surface area (Å²) in [5, 5.41) is 18.5. The molecule has 1 atom stereocenters. The summed E-state index contributed by atoms with van der Waals surface area (Å²) in [5.74, 6) is 0. The number of nitriles is 2. The molecule has 0 amide bonds. The second kappa shape index (κ2) is 5.05. The second-order valence-corrected chi connectivity index (χ2v) is 4.14. The van der Waals surface area contributed by atoms with Gasteiger partial charge in [-0.15, -0.1) is 0 Å². The number of rotatable bonds is 1. The molecule has 1 saturated heterocycles. The Morgan fingerprint density at radius 1 is 1.41 bits per heavy atom. The lowest BCUT2D eigenvalue weighted by Gasteiger charge is -2.32. The summed E-state index contributed by atoms with van der Waals surface area (Å²) in [4.78, 5) is 1.96. The van der Waals surface area contributed by atoms with Crippen molar-refractivity contribution >= 4 is 17.3 Å². The fourth-order valence-corrected chi connectivity index (χ4v) is 1.97. The molecule has 1 fully saturated rings. The fraction of sp³-hybridized carbons (Fsp3) is 0.333. The molecule has 0 N–H and O–H groups in total. The molecular formula is C12H10ClN3O. The number of morpholine rings is 1. The van der Waals surface area contributed by atoms with Crippen molar-refractivity contribution in [3.8, 4) is 12.1 Å². The summed E-state index contributed by atoms with van der Waals surface area (Å²) in [6.07, 6.45) is -0.450. The third-order valence-corrected chi connectivity index (χ3v) is 2.87. The molecule has 0 aliphatic carbocycles. The third-order valence-electron chi connectivity index (χ3n) is 2.63. The van der Waals surface area contributed by atoms with Gasteiger partial charge in [0.25, 0.3) is 0 Å². The van der Waals surface area contributed by atoms with E-state index in [-0.39, 0.29) is 0 Å². The van der Waals surface area contributed by atoms with E-state index in [1.165, 1.54) is 0 Å². The van der Waals surface area contributed by atoms with Crippen molar-refractivity contribution in [3.05, 3.63) is 28.8 Å². The van der Waals surface area contributed by atoms with Crippen LogP contribution in [0.4, 0.5) is 5.69 Å². The standard InChI is InChI=1S/C12H10ClN3O/c13-10-2-1-9(6-14)12(5-10)16-3-4-17-11(7-15)8-16/h1-2,5,11H,3-4,8H2. The molecule has 0 saturated carbocycles. The summed E-state index contributed by atoms with van der Waals surface area (Å²) >= 11 is 5.93. The fourth-order valence-electron chi connectivity index (χ4n) is 1.81. The van der Waals surface area contributed by atoms with Crippen molar-refractivity contribution < 1.29 is 4.74 Å². The molecule has 1 unspecified atom stereocenters. The van der Waals surface area contributed by atoms with Gasteiger partial charge in [-0.3, -0.25) is 0 Å². The highest BCUT2D eigenvalue weighted by atomic mass is 35.5. The molecule has 1 aromatic rings. The van der Waals surface area contributed by atoms with Crippen molar-refractivity contribution in [2.45, 2.75) is 6.10 Å². The Balaban J connectivity index is 2.30. The monoisotopic (exact) mass is 247 g/mol. The maximum atomic E-state index is 9.05. The van der Waals surface area contributed by atoms with Crippen LogP contribution in [0.15, 0.2) is 18.2 Å². The van der Waals surface area contributed by atoms with Gasteiger partial charge in [0.1, 0.15) is 6.07 Å². The second-order valence-electron chi connectivity index (χ2n) is 3.71. The summed E-state index contributed by atoms with van der Waals surface area (Å²) in [6, 6.07) is 9.33. The van der Waals surface area contributed by atoms with Gasteiger partial charge >= 0.3 is 0 Å². The predicted octanol–water partition coefficient (Wildman–Crippen LogP) is 1.94. The van der Waals surface area contributed by atoms with Crippen LogP contribution < -0.4 is 4.90 Å². The molecule has 5 heteroatoms. The normalized spacial score (nSPS) is 19.5. The van der Waals surface area contributed by atoms with Crippen molar-refractivity contribution in [3.63, 3.8) is 0 Å². The first kappa shape index (κ1) is 11.7. The van der Waals surface area contributed by atoms with E-state index in [1.807, 2.05) is 4.90 Å². The van der Waals surface area contributed by atoms with Gasteiger partial charge in [0.05, 0.1) is 30.5 Å². The summed E-state index contributed by atoms with van der Waals surface area (Å²) in [5.41, 5.74) is 1.33. The van der Waals surface area contributed by atoms with Gasteiger partial charge in [0.15, 0.2) is 6.10 Å². The zero-order valence-electron chi connectivity index (χ0n) is 9.06. The lowest BCUT2D eigenvalue weighted by molar-refractivity contribution is 0.0764. The highest BCUT2D eigenvalue weighted by molar-refractivity contribution is 6.30. The van der Waals surface area contributed by atoms with Gasteiger partial charge in [-0.2, -0.15) is 10.5 Å². The van der Waals surface area contributed by atoms with Crippen LogP contribution >= 0.6 is 11.6 Å². The maximum absolute atomic E-state index is 9.05. The molecular weight excluding hydrogens is 238 g/mol. The molecule has 86 valence electrons. The van der Waals surface area contributed by atoms with E-state index >= 15 is 0 Å². The van der Waals surface area contributed by atoms with E-state index in [4.69, 9.17) is 26.9 Å². The topological polar surface area (TPSA) is 60.1 Å². The van der Waals surface area contributed by atoms with Gasteiger partial charge in [0, 0.05) is 11.6 Å². The van der Waals surface area contributed by atoms with E-state index in [9.17, 15) is 0 Å². The number of benzene rings is 1. The minimum Gasteiger partial charge on any atom is -0.364 e. The Kier molecular flexibility index (Phi) is 3.49. The molecule has 17 heavy (non-hydrogen) atoms. The van der Waals surface area contributed by atoms with Crippen LogP contribution in [-0.2, 0) is 4.74 Å². The van der Waals surface area contributed by atoms with Crippen LogP contribution in [0.25, 0.3) is 0 Å². The first-order valence-corrected chi connectivity index (χ1v) is 5.58. The number of ether oxygens (including phenoxy) is 1. The van der Waals surface area contributed by atoms with Gasteiger partial charge in [-0.05, 0) is 18.2 Å². The molecule has 0 radical (unpaired) electrons. The quantitative estimate of drug-likeness (QED) is 0.761. The van der Waals surface area contributed by atoms with Crippen molar-refractivity contribution in [2.75, 3.05) is 24.6 Å². The molecule has 0 aromatic heterocycles. The van der Waals surface area contributed by atoms with Gasteiger partial charge in [-0.25, -0.2) is 0 Å². The van der Waals surface area contributed by atoms with E-state index in [1.54, 1.807) is 18.2 Å². The zero-order valence-corrected chi connectivity index (χ0v) is 9.81. The lowest BCUT2D eigenvalue weighted by Crippen LogP contribution is -2.42. The SMILES string of the molecule is N#Cc1ccc(Cl)cc1N1CCOC(C#N)C1. The Labute approximate surface area is 105 Å². The smallest absolute Gasteiger partial charge is 0.161 e. The van der Waals surface area contributed by atoms with Crippen molar-refractivity contribution in [1.82, 2.24) is 0 Å². The van der Waals surface area contributed by atoms with Crippen LogP contribution in [0.5, 0.6) is 0 Å². The van der Waals surface area contributed by atoms with Gasteiger partial charge in [-0.1, -0.05) is 11.6 Å². The highest BCUT2D eigenvalue weighted by Crippen LogP contribution is 2.25. The van der Waals surface area contributed by atoms with Gasteiger partial charge in [0.2, 0.25) is 0 Å². The Morgan fingerprint density at radius 2 is 2.24 bits per heavy atom.